The fraction of sp³-hybridized carbons (Fsp3) is 0.824. The summed E-state index contributed by atoms with van der Waals surface area (Å²) in [5.41, 5.74) is -0.529. The number of hydrogen-bond donors (Lipinski definition) is 2. The van der Waals surface area contributed by atoms with Crippen molar-refractivity contribution >= 4 is 12.0 Å². The third-order valence-corrected chi connectivity index (χ3v) is 3.86. The van der Waals surface area contributed by atoms with Crippen LogP contribution in [-0.2, 0) is 9.53 Å². The van der Waals surface area contributed by atoms with Crippen LogP contribution < -0.4 is 10.6 Å². The Kier molecular flexibility index (Phi) is 7.34. The van der Waals surface area contributed by atoms with Gasteiger partial charge in [-0.05, 0) is 46.5 Å². The number of nitrogens with zero attached hydrogens (tertiary/aromatic N) is 1. The first-order valence-corrected chi connectivity index (χ1v) is 8.37. The molecule has 0 aromatic heterocycles. The van der Waals surface area contributed by atoms with Crippen LogP contribution in [0.2, 0.25) is 0 Å². The number of ether oxygens (including phenoxy) is 1. The first-order chi connectivity index (χ1) is 10.7. The van der Waals surface area contributed by atoms with E-state index in [1.807, 2.05) is 33.8 Å². The third-order valence-electron chi connectivity index (χ3n) is 3.86. The van der Waals surface area contributed by atoms with Crippen molar-refractivity contribution in [1.29, 1.82) is 5.26 Å². The molecule has 0 unspecified atom stereocenters. The summed E-state index contributed by atoms with van der Waals surface area (Å²) in [6.45, 7) is 7.30. The molecule has 0 heterocycles. The maximum Gasteiger partial charge on any atom is 0.407 e. The Hall–Kier alpha value is -1.77. The molecule has 0 aliphatic heterocycles. The molecule has 130 valence electrons. The van der Waals surface area contributed by atoms with Gasteiger partial charge >= 0.3 is 6.09 Å². The van der Waals surface area contributed by atoms with E-state index in [1.165, 1.54) is 0 Å². The Balaban J connectivity index is 2.53. The number of nitriles is 1. The maximum absolute atomic E-state index is 12.1. The molecule has 0 saturated heterocycles. The van der Waals surface area contributed by atoms with Gasteiger partial charge in [0.2, 0.25) is 5.91 Å². The lowest BCUT2D eigenvalue weighted by Gasteiger charge is -2.32. The molecule has 0 aromatic carbocycles. The SMILES string of the molecule is C[C@H](CC#N)NC(=O)C[C@@H]1CCCC[C@H]1NC(=O)OC(C)(C)C. The van der Waals surface area contributed by atoms with E-state index in [1.54, 1.807) is 0 Å². The highest BCUT2D eigenvalue weighted by Gasteiger charge is 2.30. The molecule has 2 N–H and O–H groups in total. The van der Waals surface area contributed by atoms with Crippen LogP contribution in [0.3, 0.4) is 0 Å². The van der Waals surface area contributed by atoms with Gasteiger partial charge in [0.25, 0.3) is 0 Å². The highest BCUT2D eigenvalue weighted by Crippen LogP contribution is 2.27. The predicted molar refractivity (Wildman–Crippen MR) is 87.6 cm³/mol. The molecule has 2 amide bonds. The van der Waals surface area contributed by atoms with Crippen molar-refractivity contribution in [3.8, 4) is 6.07 Å². The summed E-state index contributed by atoms with van der Waals surface area (Å²) in [5, 5.41) is 14.4. The molecular formula is C17H29N3O3. The monoisotopic (exact) mass is 323 g/mol. The summed E-state index contributed by atoms with van der Waals surface area (Å²) >= 11 is 0. The van der Waals surface area contributed by atoms with Crippen molar-refractivity contribution in [3.63, 3.8) is 0 Å². The quantitative estimate of drug-likeness (QED) is 0.814. The molecule has 23 heavy (non-hydrogen) atoms. The van der Waals surface area contributed by atoms with E-state index >= 15 is 0 Å². The molecular weight excluding hydrogens is 294 g/mol. The number of amides is 2. The van der Waals surface area contributed by atoms with Crippen LogP contribution in [-0.4, -0.2) is 29.7 Å². The van der Waals surface area contributed by atoms with Gasteiger partial charge < -0.3 is 15.4 Å². The van der Waals surface area contributed by atoms with Crippen molar-refractivity contribution in [2.24, 2.45) is 5.92 Å². The van der Waals surface area contributed by atoms with E-state index in [9.17, 15) is 9.59 Å². The van der Waals surface area contributed by atoms with Gasteiger partial charge in [-0.3, -0.25) is 4.79 Å². The summed E-state index contributed by atoms with van der Waals surface area (Å²) in [5.74, 6) is 0.0567. The molecule has 0 radical (unpaired) electrons. The summed E-state index contributed by atoms with van der Waals surface area (Å²) in [6.07, 6.45) is 4.15. The van der Waals surface area contributed by atoms with Gasteiger partial charge in [0, 0.05) is 18.5 Å². The van der Waals surface area contributed by atoms with Gasteiger partial charge in [-0.15, -0.1) is 0 Å². The molecule has 3 atom stereocenters. The summed E-state index contributed by atoms with van der Waals surface area (Å²) in [6, 6.07) is 1.87. The zero-order valence-electron chi connectivity index (χ0n) is 14.6. The van der Waals surface area contributed by atoms with Gasteiger partial charge in [-0.25, -0.2) is 4.79 Å². The Morgan fingerprint density at radius 3 is 2.57 bits per heavy atom. The number of alkyl carbamates (subject to hydrolysis) is 1. The highest BCUT2D eigenvalue weighted by atomic mass is 16.6. The van der Waals surface area contributed by atoms with E-state index in [0.29, 0.717) is 12.8 Å². The van der Waals surface area contributed by atoms with Crippen LogP contribution in [0, 0.1) is 17.2 Å². The zero-order chi connectivity index (χ0) is 17.5. The summed E-state index contributed by atoms with van der Waals surface area (Å²) < 4.78 is 5.30. The maximum atomic E-state index is 12.1. The predicted octanol–water partition coefficient (Wildman–Crippen LogP) is 2.88. The molecule has 1 fully saturated rings. The summed E-state index contributed by atoms with van der Waals surface area (Å²) in [4.78, 5) is 24.0. The van der Waals surface area contributed by atoms with Gasteiger partial charge in [0.1, 0.15) is 5.60 Å². The van der Waals surface area contributed by atoms with Crippen LogP contribution in [0.1, 0.15) is 66.2 Å². The second-order valence-electron chi connectivity index (χ2n) is 7.33. The van der Waals surface area contributed by atoms with Gasteiger partial charge in [-0.2, -0.15) is 5.26 Å². The molecule has 6 nitrogen and oxygen atoms in total. The molecule has 1 rings (SSSR count). The van der Waals surface area contributed by atoms with Crippen molar-refractivity contribution in [2.75, 3.05) is 0 Å². The van der Waals surface area contributed by atoms with Gasteiger partial charge in [-0.1, -0.05) is 12.8 Å². The molecule has 0 spiro atoms. The average Bonchev–Trinajstić information content (AvgIpc) is 2.38. The Labute approximate surface area is 139 Å². The number of carbonyl (C=O) groups excluding carboxylic acids is 2. The van der Waals surface area contributed by atoms with Crippen molar-refractivity contribution in [2.45, 2.75) is 83.9 Å². The minimum Gasteiger partial charge on any atom is -0.444 e. The lowest BCUT2D eigenvalue weighted by Crippen LogP contribution is -2.46. The number of hydrogen-bond acceptors (Lipinski definition) is 4. The molecule has 0 aromatic rings. The van der Waals surface area contributed by atoms with Crippen LogP contribution in [0.25, 0.3) is 0 Å². The second-order valence-corrected chi connectivity index (χ2v) is 7.33. The largest absolute Gasteiger partial charge is 0.444 e. The van der Waals surface area contributed by atoms with Crippen LogP contribution >= 0.6 is 0 Å². The first kappa shape index (κ1) is 19.3. The van der Waals surface area contributed by atoms with E-state index in [0.717, 1.165) is 25.7 Å². The summed E-state index contributed by atoms with van der Waals surface area (Å²) in [7, 11) is 0. The number of carbonyl (C=O) groups is 2. The zero-order valence-corrected chi connectivity index (χ0v) is 14.6. The number of nitrogens with one attached hydrogen (secondary N) is 2. The average molecular weight is 323 g/mol. The van der Waals surface area contributed by atoms with Gasteiger partial charge in [0.05, 0.1) is 12.5 Å². The molecule has 0 bridgehead atoms. The van der Waals surface area contributed by atoms with E-state index in [4.69, 9.17) is 10.00 Å². The van der Waals surface area contributed by atoms with E-state index in [-0.39, 0.29) is 23.9 Å². The lowest BCUT2D eigenvalue weighted by atomic mass is 9.82. The smallest absolute Gasteiger partial charge is 0.407 e. The van der Waals surface area contributed by atoms with E-state index in [2.05, 4.69) is 10.6 Å². The minimum atomic E-state index is -0.529. The van der Waals surface area contributed by atoms with Crippen LogP contribution in [0.4, 0.5) is 4.79 Å². The van der Waals surface area contributed by atoms with Crippen molar-refractivity contribution in [1.82, 2.24) is 10.6 Å². The lowest BCUT2D eigenvalue weighted by molar-refractivity contribution is -0.123. The third kappa shape index (κ3) is 7.87. The normalized spacial score (nSPS) is 22.6. The molecule has 1 aliphatic carbocycles. The fourth-order valence-electron chi connectivity index (χ4n) is 2.86. The van der Waals surface area contributed by atoms with Crippen LogP contribution in [0.5, 0.6) is 0 Å². The van der Waals surface area contributed by atoms with Gasteiger partial charge in [0.15, 0.2) is 0 Å². The van der Waals surface area contributed by atoms with Crippen molar-refractivity contribution < 1.29 is 14.3 Å². The number of rotatable bonds is 5. The fourth-order valence-corrected chi connectivity index (χ4v) is 2.86. The van der Waals surface area contributed by atoms with Crippen LogP contribution in [0.15, 0.2) is 0 Å². The molecule has 6 heteroatoms. The Morgan fingerprint density at radius 2 is 1.96 bits per heavy atom. The van der Waals surface area contributed by atoms with E-state index < -0.39 is 11.7 Å². The molecule has 1 saturated carbocycles. The van der Waals surface area contributed by atoms with Crippen molar-refractivity contribution in [3.05, 3.63) is 0 Å². The standard InChI is InChI=1S/C17H29N3O3/c1-12(9-10-18)19-15(21)11-13-7-5-6-8-14(13)20-16(22)23-17(2,3)4/h12-14H,5-9,11H2,1-4H3,(H,19,21)(H,20,22)/t12-,13+,14-/m1/s1. The minimum absolute atomic E-state index is 0.0318. The molecule has 1 aliphatic rings. The Morgan fingerprint density at radius 1 is 1.30 bits per heavy atom. The first-order valence-electron chi connectivity index (χ1n) is 8.37. The highest BCUT2D eigenvalue weighted by molar-refractivity contribution is 5.76. The second kappa shape index (κ2) is 8.76. The Bertz CT molecular complexity index is 451. The topological polar surface area (TPSA) is 91.2 Å².